The molecule has 4 nitrogen and oxygen atoms in total. The summed E-state index contributed by atoms with van der Waals surface area (Å²) >= 11 is 0. The van der Waals surface area contributed by atoms with Crippen LogP contribution in [0.5, 0.6) is 0 Å². The number of esters is 1. The summed E-state index contributed by atoms with van der Waals surface area (Å²) < 4.78 is 18.4. The summed E-state index contributed by atoms with van der Waals surface area (Å²) in [4.78, 5) is 11.8. The molecule has 0 aromatic heterocycles. The van der Waals surface area contributed by atoms with Crippen LogP contribution in [0, 0.1) is 11.8 Å². The van der Waals surface area contributed by atoms with Gasteiger partial charge in [-0.2, -0.15) is 0 Å². The first-order valence-electron chi connectivity index (χ1n) is 11.0. The van der Waals surface area contributed by atoms with Gasteiger partial charge in [-0.3, -0.25) is 0 Å². The first kappa shape index (κ1) is 28.6. The van der Waals surface area contributed by atoms with Crippen LogP contribution in [0.15, 0.2) is 12.2 Å². The number of carbonyl (C=O) groups excluding carboxylic acids is 1. The van der Waals surface area contributed by atoms with Crippen LogP contribution in [0.2, 0.25) is 36.3 Å². The summed E-state index contributed by atoms with van der Waals surface area (Å²) in [6.07, 6.45) is 3.46. The minimum Gasteiger partial charge on any atom is -0.463 e. The normalized spacial score (nSPS) is 17.3. The molecule has 6 heteroatoms. The molecule has 0 saturated heterocycles. The lowest BCUT2D eigenvalue weighted by atomic mass is 9.94. The van der Waals surface area contributed by atoms with Gasteiger partial charge in [0.1, 0.15) is 0 Å². The zero-order chi connectivity index (χ0) is 23.3. The van der Waals surface area contributed by atoms with Gasteiger partial charge in [0.25, 0.3) is 0 Å². The predicted molar refractivity (Wildman–Crippen MR) is 129 cm³/mol. The number of rotatable bonds is 10. The third kappa shape index (κ3) is 9.07. The number of hydrogen-bond acceptors (Lipinski definition) is 4. The molecule has 0 N–H and O–H groups in total. The lowest BCUT2D eigenvalue weighted by molar-refractivity contribution is -0.137. The van der Waals surface area contributed by atoms with Crippen molar-refractivity contribution in [3.05, 3.63) is 12.2 Å². The van der Waals surface area contributed by atoms with E-state index in [9.17, 15) is 4.79 Å². The largest absolute Gasteiger partial charge is 0.463 e. The Morgan fingerprint density at radius 2 is 1.41 bits per heavy atom. The standard InChI is InChI=1S/C23H48O4Si2/c1-14-25-20(24)16-15-18(2)21(27-29(12,13)23(7,8)9)19(3)17-26-28(10,11)22(4,5)6/h15-16,18-19,21H,14,17H2,1-13H3/b16-15+/t18-,19-,21-/m0/s1. The molecule has 0 rings (SSSR count). The fourth-order valence-corrected chi connectivity index (χ4v) is 5.03. The predicted octanol–water partition coefficient (Wildman–Crippen LogP) is 6.79. The van der Waals surface area contributed by atoms with Crippen LogP contribution >= 0.6 is 0 Å². The van der Waals surface area contributed by atoms with Crippen molar-refractivity contribution in [1.29, 1.82) is 0 Å². The quantitative estimate of drug-likeness (QED) is 0.211. The Balaban J connectivity index is 5.54. The van der Waals surface area contributed by atoms with Crippen molar-refractivity contribution >= 4 is 22.6 Å². The smallest absolute Gasteiger partial charge is 0.330 e. The van der Waals surface area contributed by atoms with E-state index in [0.717, 1.165) is 0 Å². The minimum absolute atomic E-state index is 0.00802. The maximum Gasteiger partial charge on any atom is 0.330 e. The van der Waals surface area contributed by atoms with Crippen molar-refractivity contribution < 1.29 is 18.4 Å². The van der Waals surface area contributed by atoms with Crippen LogP contribution in [0.1, 0.15) is 62.3 Å². The van der Waals surface area contributed by atoms with Gasteiger partial charge in [0.05, 0.1) is 12.7 Å². The Kier molecular flexibility index (Phi) is 10.6. The van der Waals surface area contributed by atoms with Crippen molar-refractivity contribution in [2.24, 2.45) is 11.8 Å². The summed E-state index contributed by atoms with van der Waals surface area (Å²) in [5.41, 5.74) is 0. The monoisotopic (exact) mass is 444 g/mol. The average molecular weight is 445 g/mol. The molecule has 172 valence electrons. The zero-order valence-electron chi connectivity index (χ0n) is 21.4. The van der Waals surface area contributed by atoms with Crippen LogP contribution in [-0.4, -0.2) is 41.9 Å². The molecule has 0 aliphatic heterocycles. The van der Waals surface area contributed by atoms with E-state index >= 15 is 0 Å². The minimum atomic E-state index is -1.97. The Labute approximate surface area is 183 Å². The van der Waals surface area contributed by atoms with Gasteiger partial charge in [-0.25, -0.2) is 4.79 Å². The van der Waals surface area contributed by atoms with Gasteiger partial charge in [-0.15, -0.1) is 0 Å². The van der Waals surface area contributed by atoms with Crippen molar-refractivity contribution in [2.75, 3.05) is 13.2 Å². The highest BCUT2D eigenvalue weighted by Crippen LogP contribution is 2.40. The number of hydrogen-bond donors (Lipinski definition) is 0. The SMILES string of the molecule is CCOC(=O)/C=C/[C@H](C)[C@H](O[Si](C)(C)C(C)(C)C)[C@@H](C)CO[Si](C)(C)C(C)(C)C. The molecule has 0 aromatic carbocycles. The van der Waals surface area contributed by atoms with Crippen LogP contribution in [-0.2, 0) is 18.4 Å². The van der Waals surface area contributed by atoms with E-state index in [1.54, 1.807) is 0 Å². The molecule has 0 fully saturated rings. The molecule has 0 aliphatic carbocycles. The molecule has 0 spiro atoms. The van der Waals surface area contributed by atoms with Crippen molar-refractivity contribution in [3.63, 3.8) is 0 Å². The highest BCUT2D eigenvalue weighted by atomic mass is 28.4. The molecule has 29 heavy (non-hydrogen) atoms. The highest BCUT2D eigenvalue weighted by Gasteiger charge is 2.42. The molecular weight excluding hydrogens is 396 g/mol. The molecule has 0 aliphatic rings. The first-order valence-corrected chi connectivity index (χ1v) is 16.8. The molecule has 3 atom stereocenters. The summed E-state index contributed by atoms with van der Waals surface area (Å²) in [6, 6.07) is 0. The fourth-order valence-electron chi connectivity index (χ4n) is 2.44. The van der Waals surface area contributed by atoms with Crippen molar-refractivity contribution in [3.8, 4) is 0 Å². The van der Waals surface area contributed by atoms with Crippen LogP contribution in [0.4, 0.5) is 0 Å². The molecule has 0 radical (unpaired) electrons. The summed E-state index contributed by atoms with van der Waals surface area (Å²) in [7, 11) is -3.80. The number of ether oxygens (including phenoxy) is 1. The Hall–Kier alpha value is -0.436. The molecule has 0 bridgehead atoms. The highest BCUT2D eigenvalue weighted by molar-refractivity contribution is 6.74. The average Bonchev–Trinajstić information content (AvgIpc) is 2.53. The van der Waals surface area contributed by atoms with E-state index in [1.165, 1.54) is 6.08 Å². The van der Waals surface area contributed by atoms with Crippen molar-refractivity contribution in [2.45, 2.75) is 105 Å². The van der Waals surface area contributed by atoms with Gasteiger partial charge in [0.15, 0.2) is 16.6 Å². The summed E-state index contributed by atoms with van der Waals surface area (Å²) in [6.45, 7) is 29.9. The molecular formula is C23H48O4Si2. The van der Waals surface area contributed by atoms with E-state index < -0.39 is 16.6 Å². The van der Waals surface area contributed by atoms with E-state index in [1.807, 2.05) is 13.0 Å². The molecule has 0 unspecified atom stereocenters. The van der Waals surface area contributed by atoms with Gasteiger partial charge in [0, 0.05) is 18.6 Å². The van der Waals surface area contributed by atoms with Gasteiger partial charge in [-0.1, -0.05) is 61.5 Å². The van der Waals surface area contributed by atoms with Gasteiger partial charge in [0.2, 0.25) is 0 Å². The topological polar surface area (TPSA) is 44.8 Å². The Bertz CT molecular complexity index is 542. The molecule has 0 aromatic rings. The van der Waals surface area contributed by atoms with Gasteiger partial charge < -0.3 is 13.6 Å². The maximum atomic E-state index is 11.8. The van der Waals surface area contributed by atoms with E-state index in [4.69, 9.17) is 13.6 Å². The third-order valence-corrected chi connectivity index (χ3v) is 15.6. The van der Waals surface area contributed by atoms with Gasteiger partial charge >= 0.3 is 5.97 Å². The fraction of sp³-hybridized carbons (Fsp3) is 0.870. The van der Waals surface area contributed by atoms with Crippen LogP contribution in [0.3, 0.4) is 0 Å². The van der Waals surface area contributed by atoms with Crippen molar-refractivity contribution in [1.82, 2.24) is 0 Å². The van der Waals surface area contributed by atoms with E-state index in [0.29, 0.717) is 13.2 Å². The molecule has 0 heterocycles. The zero-order valence-corrected chi connectivity index (χ0v) is 23.4. The van der Waals surface area contributed by atoms with Gasteiger partial charge in [-0.05, 0) is 49.1 Å². The van der Waals surface area contributed by atoms with E-state index in [-0.39, 0.29) is 34.0 Å². The molecule has 0 saturated carbocycles. The second kappa shape index (κ2) is 10.7. The summed E-state index contributed by atoms with van der Waals surface area (Å²) in [5, 5.41) is 0.299. The van der Waals surface area contributed by atoms with Crippen LogP contribution < -0.4 is 0 Å². The second-order valence-corrected chi connectivity index (χ2v) is 20.9. The maximum absolute atomic E-state index is 11.8. The molecule has 0 amide bonds. The summed E-state index contributed by atoms with van der Waals surface area (Å²) in [5.74, 6) is 0.0160. The lowest BCUT2D eigenvalue weighted by Crippen LogP contribution is -2.49. The van der Waals surface area contributed by atoms with E-state index in [2.05, 4.69) is 81.6 Å². The second-order valence-electron chi connectivity index (χ2n) is 11.4. The lowest BCUT2D eigenvalue weighted by Gasteiger charge is -2.43. The number of carbonyl (C=O) groups is 1. The Morgan fingerprint density at radius 3 is 1.83 bits per heavy atom. The van der Waals surface area contributed by atoms with Crippen LogP contribution in [0.25, 0.3) is 0 Å². The Morgan fingerprint density at radius 1 is 0.931 bits per heavy atom. The third-order valence-electron chi connectivity index (χ3n) is 6.65. The first-order chi connectivity index (χ1) is 12.9.